The monoisotopic (exact) mass is 514 g/mol. The van der Waals surface area contributed by atoms with E-state index in [1.807, 2.05) is 50.4 Å². The first kappa shape index (κ1) is 28.8. The molecule has 0 aliphatic heterocycles. The van der Waals surface area contributed by atoms with Crippen molar-refractivity contribution in [3.8, 4) is 0 Å². The zero-order valence-electron chi connectivity index (χ0n) is 20.8. The van der Waals surface area contributed by atoms with E-state index in [0.717, 1.165) is 5.56 Å². The Kier molecular flexibility index (Phi) is 11.9. The van der Waals surface area contributed by atoms with Gasteiger partial charge in [0.15, 0.2) is 0 Å². The fourth-order valence-corrected chi connectivity index (χ4v) is 3.98. The van der Waals surface area contributed by atoms with E-state index in [0.29, 0.717) is 17.7 Å². The van der Waals surface area contributed by atoms with Gasteiger partial charge in [-0.25, -0.2) is 4.79 Å². The molecule has 10 heteroatoms. The third-order valence-electron chi connectivity index (χ3n) is 5.85. The zero-order chi connectivity index (χ0) is 26.5. The fourth-order valence-electron chi connectivity index (χ4n) is 3.51. The van der Waals surface area contributed by atoms with Gasteiger partial charge in [-0.2, -0.15) is 11.8 Å². The number of rotatable bonds is 14. The number of carbonyl (C=O) groups is 4. The molecule has 4 unspecified atom stereocenters. The molecule has 2 rings (SSSR count). The number of hydrogen-bond acceptors (Lipinski definition) is 6. The first-order chi connectivity index (χ1) is 17.3. The molecular formula is C26H34N4O5S. The molecule has 1 aromatic carbocycles. The Balaban J connectivity index is 2.24. The predicted molar refractivity (Wildman–Crippen MR) is 140 cm³/mol. The summed E-state index contributed by atoms with van der Waals surface area (Å²) in [6, 6.07) is 9.35. The van der Waals surface area contributed by atoms with E-state index in [4.69, 9.17) is 0 Å². The predicted octanol–water partition coefficient (Wildman–Crippen LogP) is 2.28. The van der Waals surface area contributed by atoms with Gasteiger partial charge in [-0.3, -0.25) is 19.4 Å². The summed E-state index contributed by atoms with van der Waals surface area (Å²) in [4.78, 5) is 54.9. The van der Waals surface area contributed by atoms with Crippen LogP contribution in [-0.2, 0) is 20.8 Å². The van der Waals surface area contributed by atoms with Crippen LogP contribution < -0.4 is 16.0 Å². The molecule has 4 N–H and O–H groups in total. The first-order valence-electron chi connectivity index (χ1n) is 11.8. The van der Waals surface area contributed by atoms with Gasteiger partial charge in [-0.05, 0) is 42.0 Å². The van der Waals surface area contributed by atoms with Gasteiger partial charge in [-0.1, -0.05) is 50.6 Å². The van der Waals surface area contributed by atoms with Gasteiger partial charge in [-0.15, -0.1) is 0 Å². The molecule has 0 saturated carbocycles. The third-order valence-corrected chi connectivity index (χ3v) is 6.49. The van der Waals surface area contributed by atoms with Crippen molar-refractivity contribution in [3.05, 3.63) is 66.0 Å². The highest BCUT2D eigenvalue weighted by Crippen LogP contribution is 2.12. The van der Waals surface area contributed by atoms with Crippen LogP contribution in [0, 0.1) is 5.92 Å². The minimum absolute atomic E-state index is 0.164. The summed E-state index contributed by atoms with van der Waals surface area (Å²) in [5.41, 5.74) is 1.11. The standard InChI is InChI=1S/C26H34N4O5S/c1-4-17(2)22(30-23(31)19-11-8-13-27-16-19)25(33)29-21(15-18-9-6-5-7-10-18)24(32)28-20(26(34)35)12-14-36-3/h5-11,13,16-17,20-22H,4,12,14-15H2,1-3H3,(H,28,32)(H,29,33)(H,30,31)(H,34,35). The smallest absolute Gasteiger partial charge is 0.326 e. The van der Waals surface area contributed by atoms with Crippen molar-refractivity contribution in [2.75, 3.05) is 12.0 Å². The Morgan fingerprint density at radius 3 is 2.25 bits per heavy atom. The van der Waals surface area contributed by atoms with Crippen LogP contribution in [0.4, 0.5) is 0 Å². The number of benzene rings is 1. The molecule has 9 nitrogen and oxygen atoms in total. The number of nitrogens with one attached hydrogen (secondary N) is 3. The van der Waals surface area contributed by atoms with E-state index in [-0.39, 0.29) is 18.8 Å². The number of pyridine rings is 1. The number of carbonyl (C=O) groups excluding carboxylic acids is 3. The van der Waals surface area contributed by atoms with Gasteiger partial charge < -0.3 is 21.1 Å². The molecule has 0 saturated heterocycles. The SMILES string of the molecule is CCC(C)C(NC(=O)c1cccnc1)C(=O)NC(Cc1ccccc1)C(=O)NC(CCSC)C(=O)O. The van der Waals surface area contributed by atoms with Crippen molar-refractivity contribution in [3.63, 3.8) is 0 Å². The van der Waals surface area contributed by atoms with Crippen LogP contribution in [0.2, 0.25) is 0 Å². The summed E-state index contributed by atoms with van der Waals surface area (Å²) in [7, 11) is 0. The average molecular weight is 515 g/mol. The van der Waals surface area contributed by atoms with Crippen LogP contribution in [0.3, 0.4) is 0 Å². The molecule has 0 spiro atoms. The normalized spacial score (nSPS) is 14.1. The Hall–Kier alpha value is -3.40. The van der Waals surface area contributed by atoms with E-state index < -0.39 is 41.8 Å². The summed E-state index contributed by atoms with van der Waals surface area (Å²) in [5.74, 6) is -2.36. The molecule has 36 heavy (non-hydrogen) atoms. The van der Waals surface area contributed by atoms with E-state index in [1.165, 1.54) is 18.0 Å². The summed E-state index contributed by atoms with van der Waals surface area (Å²) in [6.45, 7) is 3.74. The molecule has 4 atom stereocenters. The molecule has 0 aliphatic rings. The third kappa shape index (κ3) is 8.99. The van der Waals surface area contributed by atoms with Crippen molar-refractivity contribution < 1.29 is 24.3 Å². The lowest BCUT2D eigenvalue weighted by Gasteiger charge is -2.27. The number of aliphatic carboxylic acids is 1. The summed E-state index contributed by atoms with van der Waals surface area (Å²) in [6.07, 6.45) is 5.84. The van der Waals surface area contributed by atoms with Crippen LogP contribution in [0.25, 0.3) is 0 Å². The highest BCUT2D eigenvalue weighted by molar-refractivity contribution is 7.98. The molecule has 0 radical (unpaired) electrons. The second-order valence-electron chi connectivity index (χ2n) is 8.51. The number of hydrogen-bond donors (Lipinski definition) is 4. The van der Waals surface area contributed by atoms with Crippen molar-refractivity contribution in [1.82, 2.24) is 20.9 Å². The van der Waals surface area contributed by atoms with Gasteiger partial charge >= 0.3 is 5.97 Å². The molecule has 1 aromatic heterocycles. The van der Waals surface area contributed by atoms with E-state index in [1.54, 1.807) is 18.3 Å². The number of thioether (sulfide) groups is 1. The van der Waals surface area contributed by atoms with E-state index in [2.05, 4.69) is 20.9 Å². The maximum absolute atomic E-state index is 13.4. The van der Waals surface area contributed by atoms with Crippen molar-refractivity contribution >= 4 is 35.5 Å². The first-order valence-corrected chi connectivity index (χ1v) is 13.2. The Morgan fingerprint density at radius 2 is 1.67 bits per heavy atom. The van der Waals surface area contributed by atoms with Crippen molar-refractivity contribution in [2.24, 2.45) is 5.92 Å². The van der Waals surface area contributed by atoms with Crippen LogP contribution in [0.15, 0.2) is 54.9 Å². The van der Waals surface area contributed by atoms with Gasteiger partial charge in [0.1, 0.15) is 18.1 Å². The van der Waals surface area contributed by atoms with Crippen LogP contribution in [-0.4, -0.2) is 63.9 Å². The lowest BCUT2D eigenvalue weighted by Crippen LogP contribution is -2.57. The zero-order valence-corrected chi connectivity index (χ0v) is 21.6. The molecule has 0 bridgehead atoms. The number of nitrogens with zero attached hydrogens (tertiary/aromatic N) is 1. The maximum Gasteiger partial charge on any atom is 0.326 e. The van der Waals surface area contributed by atoms with Gasteiger partial charge in [0.05, 0.1) is 5.56 Å². The van der Waals surface area contributed by atoms with Crippen molar-refractivity contribution in [2.45, 2.75) is 51.2 Å². The highest BCUT2D eigenvalue weighted by Gasteiger charge is 2.32. The van der Waals surface area contributed by atoms with Crippen molar-refractivity contribution in [1.29, 1.82) is 0 Å². The maximum atomic E-state index is 13.4. The summed E-state index contributed by atoms with van der Waals surface area (Å²) >= 11 is 1.48. The largest absolute Gasteiger partial charge is 0.480 e. The number of aromatic nitrogens is 1. The Morgan fingerprint density at radius 1 is 0.972 bits per heavy atom. The molecule has 0 fully saturated rings. The molecular weight excluding hydrogens is 480 g/mol. The number of carboxylic acids is 1. The molecule has 0 aliphatic carbocycles. The number of amides is 3. The second-order valence-corrected chi connectivity index (χ2v) is 9.50. The van der Waals surface area contributed by atoms with Crippen LogP contribution in [0.5, 0.6) is 0 Å². The summed E-state index contributed by atoms with van der Waals surface area (Å²) < 4.78 is 0. The fraction of sp³-hybridized carbons (Fsp3) is 0.423. The Labute approximate surface area is 215 Å². The van der Waals surface area contributed by atoms with Gasteiger partial charge in [0.2, 0.25) is 11.8 Å². The molecule has 194 valence electrons. The molecule has 2 aromatic rings. The molecule has 1 heterocycles. The van der Waals surface area contributed by atoms with Crippen LogP contribution >= 0.6 is 11.8 Å². The quantitative estimate of drug-likeness (QED) is 0.303. The Bertz CT molecular complexity index is 1010. The minimum atomic E-state index is -1.14. The van der Waals surface area contributed by atoms with E-state index >= 15 is 0 Å². The lowest BCUT2D eigenvalue weighted by molar-refractivity contribution is -0.142. The lowest BCUT2D eigenvalue weighted by atomic mass is 9.96. The topological polar surface area (TPSA) is 137 Å². The minimum Gasteiger partial charge on any atom is -0.480 e. The molecule has 3 amide bonds. The average Bonchev–Trinajstić information content (AvgIpc) is 2.89. The summed E-state index contributed by atoms with van der Waals surface area (Å²) in [5, 5.41) is 17.6. The second kappa shape index (κ2) is 14.9. The van der Waals surface area contributed by atoms with Gasteiger partial charge in [0, 0.05) is 18.8 Å². The highest BCUT2D eigenvalue weighted by atomic mass is 32.2. The number of carboxylic acid groups (broad SMARTS) is 1. The van der Waals surface area contributed by atoms with Gasteiger partial charge in [0.25, 0.3) is 5.91 Å². The van der Waals surface area contributed by atoms with Crippen LogP contribution in [0.1, 0.15) is 42.6 Å². The van der Waals surface area contributed by atoms with E-state index in [9.17, 15) is 24.3 Å².